The molecular weight excluding hydrogens is 502 g/mol. The van der Waals surface area contributed by atoms with E-state index in [1.165, 1.54) is 19.1 Å². The van der Waals surface area contributed by atoms with Crippen LogP contribution in [0.15, 0.2) is 42.6 Å². The third-order valence-corrected chi connectivity index (χ3v) is 11.7. The Kier molecular flexibility index (Phi) is 6.50. The molecule has 6 rings (SSSR count). The maximum Gasteiger partial charge on any atom is 0.331 e. The van der Waals surface area contributed by atoms with E-state index in [1.54, 1.807) is 11.8 Å². The number of methoxy groups -OCH3 is 2. The Morgan fingerprint density at radius 2 is 1.75 bits per heavy atom. The van der Waals surface area contributed by atoms with Gasteiger partial charge in [0.05, 0.1) is 25.8 Å². The monoisotopic (exact) mass is 545 g/mol. The third-order valence-electron chi connectivity index (χ3n) is 11.7. The molecule has 0 amide bonds. The van der Waals surface area contributed by atoms with Gasteiger partial charge in [-0.2, -0.15) is 0 Å². The summed E-state index contributed by atoms with van der Waals surface area (Å²) in [5, 5.41) is 9.12. The Morgan fingerprint density at radius 3 is 2.48 bits per heavy atom. The van der Waals surface area contributed by atoms with Crippen molar-refractivity contribution < 1.29 is 19.1 Å². The van der Waals surface area contributed by atoms with Gasteiger partial charge in [-0.05, 0) is 91.1 Å². The van der Waals surface area contributed by atoms with E-state index in [0.717, 1.165) is 56.2 Å². The first-order valence-electron chi connectivity index (χ1n) is 14.9. The van der Waals surface area contributed by atoms with Crippen molar-refractivity contribution in [1.82, 2.24) is 15.0 Å². The zero-order valence-corrected chi connectivity index (χ0v) is 24.6. The van der Waals surface area contributed by atoms with Gasteiger partial charge in [0.2, 0.25) is 0 Å². The van der Waals surface area contributed by atoms with Crippen molar-refractivity contribution in [2.24, 2.45) is 33.5 Å². The normalized spacial score (nSPS) is 37.1. The molecule has 7 atom stereocenters. The molecule has 4 aliphatic rings. The highest BCUT2D eigenvalue weighted by atomic mass is 16.5. The quantitative estimate of drug-likeness (QED) is 0.402. The average molecular weight is 546 g/mol. The second-order valence-electron chi connectivity index (χ2n) is 13.8. The van der Waals surface area contributed by atoms with Crippen LogP contribution in [0.25, 0.3) is 5.57 Å². The lowest BCUT2D eigenvalue weighted by atomic mass is 9.40. The standard InChI is InChI=1S/C33H43N3O4/c1-30-16-12-27-31(2)14-9-15-32(3,29(38)40-5)26(31)13-17-33(27,21-30)19-23(30)24-20-36(35-34-24)25(28(37)39-4)18-22-10-7-6-8-11-22/h6-8,10-11,19-20,25-27H,9,12-18,21H2,1-5H3/t25-,26-,27-,30-,31+,32+,33-/m0/s1. The molecule has 0 saturated heterocycles. The summed E-state index contributed by atoms with van der Waals surface area (Å²) in [6, 6.07) is 9.40. The van der Waals surface area contributed by atoms with E-state index in [1.807, 2.05) is 36.5 Å². The number of carbonyl (C=O) groups is 2. The molecule has 7 heteroatoms. The molecule has 1 heterocycles. The predicted molar refractivity (Wildman–Crippen MR) is 152 cm³/mol. The molecule has 1 aromatic carbocycles. The Balaban J connectivity index is 1.33. The molecule has 7 nitrogen and oxygen atoms in total. The number of hydrogen-bond acceptors (Lipinski definition) is 6. The van der Waals surface area contributed by atoms with Crippen molar-refractivity contribution in [3.63, 3.8) is 0 Å². The molecule has 4 aliphatic carbocycles. The molecule has 3 saturated carbocycles. The van der Waals surface area contributed by atoms with Crippen molar-refractivity contribution in [3.05, 3.63) is 53.9 Å². The molecule has 0 N–H and O–H groups in total. The Hall–Kier alpha value is -2.96. The summed E-state index contributed by atoms with van der Waals surface area (Å²) in [6.07, 6.45) is 13.7. The zero-order valence-electron chi connectivity index (χ0n) is 24.6. The molecule has 1 aromatic heterocycles. The molecule has 40 heavy (non-hydrogen) atoms. The van der Waals surface area contributed by atoms with Crippen LogP contribution in [0, 0.1) is 33.5 Å². The van der Waals surface area contributed by atoms with Crippen molar-refractivity contribution in [3.8, 4) is 0 Å². The second-order valence-corrected chi connectivity index (χ2v) is 13.8. The number of benzene rings is 1. The molecule has 0 radical (unpaired) electrons. The van der Waals surface area contributed by atoms with E-state index in [-0.39, 0.29) is 28.2 Å². The SMILES string of the molecule is COC(=O)[C@H](Cc1ccccc1)n1cc(C2=C[C@]34CC[C@H]5[C@@](C)(CCC[C@@]5(C)C(=O)OC)[C@@H]3CC[C@@]2(C)C4)nn1. The van der Waals surface area contributed by atoms with Crippen LogP contribution < -0.4 is 0 Å². The Bertz CT molecular complexity index is 1340. The number of fused-ring (bicyclic) bond motifs is 3. The first-order valence-corrected chi connectivity index (χ1v) is 14.9. The maximum atomic E-state index is 13.0. The number of hydrogen-bond donors (Lipinski definition) is 0. The van der Waals surface area contributed by atoms with Crippen LogP contribution in [0.5, 0.6) is 0 Å². The van der Waals surface area contributed by atoms with Gasteiger partial charge in [0, 0.05) is 6.42 Å². The van der Waals surface area contributed by atoms with E-state index in [4.69, 9.17) is 9.47 Å². The van der Waals surface area contributed by atoms with E-state index in [2.05, 4.69) is 37.2 Å². The molecule has 214 valence electrons. The summed E-state index contributed by atoms with van der Waals surface area (Å²) in [5.41, 5.74) is 3.04. The second kappa shape index (κ2) is 9.56. The van der Waals surface area contributed by atoms with E-state index in [0.29, 0.717) is 18.3 Å². The van der Waals surface area contributed by atoms with Crippen molar-refractivity contribution in [1.29, 1.82) is 0 Å². The van der Waals surface area contributed by atoms with Crippen LogP contribution in [0.1, 0.15) is 89.4 Å². The molecule has 2 bridgehead atoms. The highest BCUT2D eigenvalue weighted by Crippen LogP contribution is 2.74. The lowest BCUT2D eigenvalue weighted by Crippen LogP contribution is -2.58. The van der Waals surface area contributed by atoms with Crippen molar-refractivity contribution in [2.45, 2.75) is 84.6 Å². The Labute approximate surface area is 237 Å². The fourth-order valence-corrected chi connectivity index (χ4v) is 9.92. The third kappa shape index (κ3) is 3.98. The average Bonchev–Trinajstić information content (AvgIpc) is 3.51. The minimum Gasteiger partial charge on any atom is -0.469 e. The van der Waals surface area contributed by atoms with Gasteiger partial charge in [0.25, 0.3) is 0 Å². The molecular formula is C33H43N3O4. The van der Waals surface area contributed by atoms with Crippen LogP contribution in [-0.2, 0) is 25.5 Å². The zero-order chi connectivity index (χ0) is 28.3. The fourth-order valence-electron chi connectivity index (χ4n) is 9.92. The molecule has 0 unspecified atom stereocenters. The maximum absolute atomic E-state index is 13.0. The summed E-state index contributed by atoms with van der Waals surface area (Å²) < 4.78 is 12.2. The highest BCUT2D eigenvalue weighted by Gasteiger charge is 2.66. The number of ether oxygens (including phenoxy) is 2. The summed E-state index contributed by atoms with van der Waals surface area (Å²) in [7, 11) is 2.97. The van der Waals surface area contributed by atoms with Gasteiger partial charge >= 0.3 is 11.9 Å². The molecule has 3 fully saturated rings. The smallest absolute Gasteiger partial charge is 0.331 e. The van der Waals surface area contributed by atoms with E-state index in [9.17, 15) is 9.59 Å². The summed E-state index contributed by atoms with van der Waals surface area (Å²) >= 11 is 0. The first kappa shape index (κ1) is 27.2. The minimum atomic E-state index is -0.568. The number of aromatic nitrogens is 3. The van der Waals surface area contributed by atoms with Gasteiger partial charge in [-0.25, -0.2) is 9.48 Å². The fraction of sp³-hybridized carbons (Fsp3) is 0.636. The van der Waals surface area contributed by atoms with Gasteiger partial charge in [0.1, 0.15) is 5.69 Å². The number of esters is 2. The van der Waals surface area contributed by atoms with Gasteiger partial charge < -0.3 is 9.47 Å². The van der Waals surface area contributed by atoms with Crippen LogP contribution in [0.4, 0.5) is 0 Å². The number of carbonyl (C=O) groups excluding carboxylic acids is 2. The van der Waals surface area contributed by atoms with Crippen LogP contribution >= 0.6 is 0 Å². The molecule has 0 aliphatic heterocycles. The van der Waals surface area contributed by atoms with Gasteiger partial charge in [-0.3, -0.25) is 4.79 Å². The summed E-state index contributed by atoms with van der Waals surface area (Å²) in [6.45, 7) is 7.02. The topological polar surface area (TPSA) is 83.3 Å². The summed E-state index contributed by atoms with van der Waals surface area (Å²) in [5.74, 6) is 0.527. The van der Waals surface area contributed by atoms with Crippen LogP contribution in [0.3, 0.4) is 0 Å². The van der Waals surface area contributed by atoms with Gasteiger partial charge in [-0.15, -0.1) is 5.10 Å². The summed E-state index contributed by atoms with van der Waals surface area (Å²) in [4.78, 5) is 25.9. The molecule has 2 aromatic rings. The largest absolute Gasteiger partial charge is 0.469 e. The Morgan fingerprint density at radius 1 is 1.00 bits per heavy atom. The van der Waals surface area contributed by atoms with Gasteiger partial charge in [0.15, 0.2) is 6.04 Å². The van der Waals surface area contributed by atoms with E-state index >= 15 is 0 Å². The number of nitrogens with zero attached hydrogens (tertiary/aromatic N) is 3. The minimum absolute atomic E-state index is 0.0288. The van der Waals surface area contributed by atoms with Crippen LogP contribution in [-0.4, -0.2) is 41.2 Å². The predicted octanol–water partition coefficient (Wildman–Crippen LogP) is 6.20. The number of rotatable bonds is 6. The lowest BCUT2D eigenvalue weighted by Gasteiger charge is -2.64. The number of allylic oxidation sites excluding steroid dienone is 2. The lowest BCUT2D eigenvalue weighted by molar-refractivity contribution is -0.182. The van der Waals surface area contributed by atoms with Gasteiger partial charge in [-0.1, -0.05) is 61.9 Å². The van der Waals surface area contributed by atoms with Crippen molar-refractivity contribution in [2.75, 3.05) is 14.2 Å². The first-order chi connectivity index (χ1) is 19.1. The highest BCUT2D eigenvalue weighted by molar-refractivity contribution is 5.77. The van der Waals surface area contributed by atoms with Crippen LogP contribution in [0.2, 0.25) is 0 Å². The molecule has 1 spiro atoms. The van der Waals surface area contributed by atoms with E-state index < -0.39 is 11.5 Å². The van der Waals surface area contributed by atoms with Crippen molar-refractivity contribution >= 4 is 17.5 Å².